The van der Waals surface area contributed by atoms with Crippen LogP contribution in [0.5, 0.6) is 11.5 Å². The number of rotatable bonds is 7. The van der Waals surface area contributed by atoms with Gasteiger partial charge < -0.3 is 19.7 Å². The minimum atomic E-state index is -0.0333. The summed E-state index contributed by atoms with van der Waals surface area (Å²) in [7, 11) is 3.13. The van der Waals surface area contributed by atoms with Crippen LogP contribution in [0.3, 0.4) is 0 Å². The fourth-order valence-electron chi connectivity index (χ4n) is 4.12. The van der Waals surface area contributed by atoms with Crippen LogP contribution in [-0.2, 0) is 4.79 Å². The van der Waals surface area contributed by atoms with Gasteiger partial charge in [0, 0.05) is 31.1 Å². The minimum Gasteiger partial charge on any atom is -0.493 e. The van der Waals surface area contributed by atoms with Gasteiger partial charge >= 0.3 is 0 Å². The number of benzene rings is 1. The van der Waals surface area contributed by atoms with Gasteiger partial charge in [0.05, 0.1) is 14.2 Å². The van der Waals surface area contributed by atoms with Gasteiger partial charge in [0.1, 0.15) is 0 Å². The number of methoxy groups -OCH3 is 2. The summed E-state index contributed by atoms with van der Waals surface area (Å²) in [5.41, 5.74) is 2.05. The maximum absolute atomic E-state index is 12.8. The molecule has 158 valence electrons. The lowest BCUT2D eigenvalue weighted by molar-refractivity contribution is -0.126. The Morgan fingerprint density at radius 3 is 2.52 bits per heavy atom. The summed E-state index contributed by atoms with van der Waals surface area (Å²) >= 11 is 0. The predicted octanol–water partition coefficient (Wildman–Crippen LogP) is 3.56. The molecular weight excluding hydrogens is 368 g/mol. The molecule has 0 unspecified atom stereocenters. The second kappa shape index (κ2) is 10.3. The van der Waals surface area contributed by atoms with Crippen LogP contribution in [0.25, 0.3) is 0 Å². The summed E-state index contributed by atoms with van der Waals surface area (Å²) in [4.78, 5) is 27.1. The third-order valence-corrected chi connectivity index (χ3v) is 5.91. The van der Waals surface area contributed by atoms with Crippen molar-refractivity contribution in [2.24, 2.45) is 5.92 Å². The molecule has 1 aromatic rings. The molecule has 6 nitrogen and oxygen atoms in total. The number of likely N-dealkylation sites (tertiary alicyclic amines) is 1. The highest BCUT2D eigenvalue weighted by atomic mass is 16.5. The van der Waals surface area contributed by atoms with Crippen molar-refractivity contribution in [3.8, 4) is 11.5 Å². The van der Waals surface area contributed by atoms with E-state index in [1.54, 1.807) is 32.4 Å². The maximum atomic E-state index is 12.8. The number of carbonyl (C=O) groups excluding carboxylic acids is 2. The Morgan fingerprint density at radius 2 is 1.86 bits per heavy atom. The van der Waals surface area contributed by atoms with Crippen molar-refractivity contribution in [3.05, 3.63) is 35.4 Å². The van der Waals surface area contributed by atoms with Gasteiger partial charge in [-0.05, 0) is 63.1 Å². The number of hydrogen-bond donors (Lipinski definition) is 1. The Hall–Kier alpha value is -2.50. The number of carbonyl (C=O) groups is 2. The van der Waals surface area contributed by atoms with Gasteiger partial charge in [0.15, 0.2) is 11.5 Å². The molecule has 1 aliphatic heterocycles. The van der Waals surface area contributed by atoms with Crippen LogP contribution < -0.4 is 14.8 Å². The standard InChI is InChI=1S/C23H32N2O4/c1-28-20-9-8-19(16-21(20)29-2)23(27)25-14-11-18(12-15-25)22(26)24-13-10-17-6-4-3-5-7-17/h6,8-9,16,18H,3-5,7,10-15H2,1-2H3,(H,24,26). The Balaban J connectivity index is 1.46. The monoisotopic (exact) mass is 400 g/mol. The highest BCUT2D eigenvalue weighted by Gasteiger charge is 2.28. The molecule has 2 amide bonds. The zero-order valence-electron chi connectivity index (χ0n) is 17.5. The molecule has 0 spiro atoms. The topological polar surface area (TPSA) is 67.9 Å². The molecule has 1 fully saturated rings. The quantitative estimate of drug-likeness (QED) is 0.711. The number of ether oxygens (including phenoxy) is 2. The van der Waals surface area contributed by atoms with Gasteiger partial charge in [-0.15, -0.1) is 0 Å². The van der Waals surface area contributed by atoms with E-state index in [1.807, 2.05) is 4.90 Å². The van der Waals surface area contributed by atoms with E-state index < -0.39 is 0 Å². The molecule has 0 aromatic heterocycles. The van der Waals surface area contributed by atoms with Crippen LogP contribution in [0.4, 0.5) is 0 Å². The van der Waals surface area contributed by atoms with Gasteiger partial charge in [0.2, 0.25) is 5.91 Å². The van der Waals surface area contributed by atoms with Crippen LogP contribution in [0, 0.1) is 5.92 Å². The van der Waals surface area contributed by atoms with E-state index in [9.17, 15) is 9.59 Å². The van der Waals surface area contributed by atoms with Gasteiger partial charge in [-0.2, -0.15) is 0 Å². The number of hydrogen-bond acceptors (Lipinski definition) is 4. The first kappa shape index (κ1) is 21.2. The minimum absolute atomic E-state index is 0.00945. The Bertz CT molecular complexity index is 751. The number of nitrogens with one attached hydrogen (secondary N) is 1. The second-order valence-electron chi connectivity index (χ2n) is 7.79. The molecule has 1 saturated heterocycles. The van der Waals surface area contributed by atoms with E-state index in [0.717, 1.165) is 13.0 Å². The van der Waals surface area contributed by atoms with Crippen LogP contribution >= 0.6 is 0 Å². The summed E-state index contributed by atoms with van der Waals surface area (Å²) in [5.74, 6) is 1.22. The summed E-state index contributed by atoms with van der Waals surface area (Å²) in [5, 5.41) is 3.09. The molecular formula is C23H32N2O4. The van der Waals surface area contributed by atoms with Crippen LogP contribution in [0.1, 0.15) is 55.3 Å². The lowest BCUT2D eigenvalue weighted by Gasteiger charge is -2.31. The van der Waals surface area contributed by atoms with E-state index in [-0.39, 0.29) is 17.7 Å². The number of amides is 2. The highest BCUT2D eigenvalue weighted by molar-refractivity contribution is 5.95. The molecule has 29 heavy (non-hydrogen) atoms. The molecule has 1 aromatic carbocycles. The van der Waals surface area contributed by atoms with Crippen molar-refractivity contribution in [3.63, 3.8) is 0 Å². The Morgan fingerprint density at radius 1 is 1.10 bits per heavy atom. The zero-order chi connectivity index (χ0) is 20.6. The van der Waals surface area contributed by atoms with Crippen molar-refractivity contribution in [1.82, 2.24) is 10.2 Å². The molecule has 0 saturated carbocycles. The third kappa shape index (κ3) is 5.52. The largest absolute Gasteiger partial charge is 0.493 e. The maximum Gasteiger partial charge on any atom is 0.253 e. The van der Waals surface area contributed by atoms with Crippen molar-refractivity contribution in [2.45, 2.75) is 44.9 Å². The van der Waals surface area contributed by atoms with Crippen LogP contribution in [-0.4, -0.2) is 50.6 Å². The fourth-order valence-corrected chi connectivity index (χ4v) is 4.12. The van der Waals surface area contributed by atoms with E-state index in [1.165, 1.54) is 31.3 Å². The molecule has 6 heteroatoms. The third-order valence-electron chi connectivity index (χ3n) is 5.91. The van der Waals surface area contributed by atoms with Crippen molar-refractivity contribution in [2.75, 3.05) is 33.9 Å². The highest BCUT2D eigenvalue weighted by Crippen LogP contribution is 2.29. The average Bonchev–Trinajstić information content (AvgIpc) is 2.78. The first-order valence-electron chi connectivity index (χ1n) is 10.6. The lowest BCUT2D eigenvalue weighted by atomic mass is 9.94. The van der Waals surface area contributed by atoms with Crippen LogP contribution in [0.2, 0.25) is 0 Å². The first-order valence-corrected chi connectivity index (χ1v) is 10.6. The molecule has 0 bridgehead atoms. The first-order chi connectivity index (χ1) is 14.1. The van der Waals surface area contributed by atoms with Crippen molar-refractivity contribution >= 4 is 11.8 Å². The Labute approximate surface area is 173 Å². The van der Waals surface area contributed by atoms with E-state index in [4.69, 9.17) is 9.47 Å². The molecule has 0 atom stereocenters. The van der Waals surface area contributed by atoms with Gasteiger partial charge in [-0.25, -0.2) is 0 Å². The Kier molecular flexibility index (Phi) is 7.55. The SMILES string of the molecule is COc1ccc(C(=O)N2CCC(C(=O)NCCC3=CCCCC3)CC2)cc1OC. The van der Waals surface area contributed by atoms with Crippen molar-refractivity contribution < 1.29 is 19.1 Å². The van der Waals surface area contributed by atoms with E-state index in [2.05, 4.69) is 11.4 Å². The van der Waals surface area contributed by atoms with Gasteiger partial charge in [0.25, 0.3) is 5.91 Å². The van der Waals surface area contributed by atoms with Gasteiger partial charge in [-0.3, -0.25) is 9.59 Å². The molecule has 1 heterocycles. The van der Waals surface area contributed by atoms with E-state index in [0.29, 0.717) is 43.0 Å². The zero-order valence-corrected chi connectivity index (χ0v) is 17.5. The molecule has 3 rings (SSSR count). The molecule has 1 N–H and O–H groups in total. The summed E-state index contributed by atoms with van der Waals surface area (Å²) in [6.07, 6.45) is 9.60. The fraction of sp³-hybridized carbons (Fsp3) is 0.565. The summed E-state index contributed by atoms with van der Waals surface area (Å²) in [6, 6.07) is 5.20. The average molecular weight is 401 g/mol. The van der Waals surface area contributed by atoms with Crippen molar-refractivity contribution in [1.29, 1.82) is 0 Å². The smallest absolute Gasteiger partial charge is 0.253 e. The number of allylic oxidation sites excluding steroid dienone is 1. The second-order valence-corrected chi connectivity index (χ2v) is 7.79. The summed E-state index contributed by atoms with van der Waals surface area (Å²) < 4.78 is 10.5. The van der Waals surface area contributed by atoms with Crippen LogP contribution in [0.15, 0.2) is 29.8 Å². The number of nitrogens with zero attached hydrogens (tertiary/aromatic N) is 1. The normalized spacial score (nSPS) is 17.4. The molecule has 2 aliphatic rings. The van der Waals surface area contributed by atoms with E-state index >= 15 is 0 Å². The number of piperidine rings is 1. The lowest BCUT2D eigenvalue weighted by Crippen LogP contribution is -2.43. The molecule has 0 radical (unpaired) electrons. The van der Waals surface area contributed by atoms with Gasteiger partial charge in [-0.1, -0.05) is 11.6 Å². The predicted molar refractivity (Wildman–Crippen MR) is 112 cm³/mol. The molecule has 1 aliphatic carbocycles. The summed E-state index contributed by atoms with van der Waals surface area (Å²) in [6.45, 7) is 1.91.